The lowest BCUT2D eigenvalue weighted by molar-refractivity contribution is -0.139. The number of nitrogens with zero attached hydrogens (tertiary/aromatic N) is 2. The van der Waals surface area contributed by atoms with Gasteiger partial charge in [0.1, 0.15) is 18.3 Å². The number of benzene rings is 2. The van der Waals surface area contributed by atoms with Crippen LogP contribution in [0.25, 0.3) is 11.1 Å². The minimum Gasteiger partial charge on any atom is -0.480 e. The van der Waals surface area contributed by atoms with Crippen LogP contribution in [0.1, 0.15) is 52.9 Å². The van der Waals surface area contributed by atoms with Crippen molar-refractivity contribution in [2.45, 2.75) is 38.3 Å². The molecule has 0 bridgehead atoms. The Labute approximate surface area is 203 Å². The van der Waals surface area contributed by atoms with Crippen LogP contribution >= 0.6 is 0 Å². The zero-order chi connectivity index (χ0) is 24.9. The number of carbonyl (C=O) groups is 3. The number of carbonyl (C=O) groups excluding carboxylic acids is 2. The highest BCUT2D eigenvalue weighted by molar-refractivity contribution is 5.96. The Morgan fingerprint density at radius 3 is 2.31 bits per heavy atom. The van der Waals surface area contributed by atoms with Crippen LogP contribution in [-0.4, -0.2) is 45.5 Å². The Bertz CT molecular complexity index is 1210. The number of fused-ring (bicyclic) bond motifs is 3. The second-order valence-corrected chi connectivity index (χ2v) is 8.47. The van der Waals surface area contributed by atoms with Gasteiger partial charge in [-0.1, -0.05) is 61.9 Å². The molecule has 0 spiro atoms. The van der Waals surface area contributed by atoms with Crippen molar-refractivity contribution in [2.75, 3.05) is 6.61 Å². The van der Waals surface area contributed by atoms with Crippen molar-refractivity contribution in [3.05, 3.63) is 77.1 Å². The first-order valence-corrected chi connectivity index (χ1v) is 11.5. The van der Waals surface area contributed by atoms with Crippen molar-refractivity contribution >= 4 is 18.0 Å². The van der Waals surface area contributed by atoms with Gasteiger partial charge in [0.2, 0.25) is 0 Å². The number of aryl methyl sites for hydroxylation is 1. The van der Waals surface area contributed by atoms with E-state index in [2.05, 4.69) is 27.9 Å². The minimum absolute atomic E-state index is 0.0127. The number of aromatic nitrogens is 2. The molecule has 3 N–H and O–H groups in total. The van der Waals surface area contributed by atoms with E-state index in [1.807, 2.05) is 43.3 Å². The van der Waals surface area contributed by atoms with E-state index in [-0.39, 0.29) is 24.8 Å². The summed E-state index contributed by atoms with van der Waals surface area (Å²) < 4.78 is 6.90. The van der Waals surface area contributed by atoms with Gasteiger partial charge < -0.3 is 20.5 Å². The summed E-state index contributed by atoms with van der Waals surface area (Å²) in [6.45, 7) is 2.03. The van der Waals surface area contributed by atoms with Crippen LogP contribution in [0.2, 0.25) is 0 Å². The fraction of sp³-hybridized carbons (Fsp3) is 0.308. The van der Waals surface area contributed by atoms with E-state index in [1.54, 1.807) is 7.05 Å². The monoisotopic (exact) mass is 476 g/mol. The summed E-state index contributed by atoms with van der Waals surface area (Å²) in [5.74, 6) is -1.71. The average molecular weight is 477 g/mol. The Hall–Kier alpha value is -4.14. The first-order chi connectivity index (χ1) is 16.9. The summed E-state index contributed by atoms with van der Waals surface area (Å²) in [4.78, 5) is 36.6. The zero-order valence-corrected chi connectivity index (χ0v) is 19.7. The SMILES string of the molecule is CCC[C@@H](NC(=O)c1c(CNC(=O)OCC2c3ccccc3-c3ccccc32)cnn1C)C(=O)O. The van der Waals surface area contributed by atoms with Gasteiger partial charge in [-0.3, -0.25) is 9.48 Å². The van der Waals surface area contributed by atoms with Crippen molar-refractivity contribution in [2.24, 2.45) is 7.05 Å². The number of alkyl carbamates (subject to hydrolysis) is 1. The van der Waals surface area contributed by atoms with Crippen LogP contribution in [0.4, 0.5) is 4.79 Å². The number of hydrogen-bond donors (Lipinski definition) is 3. The molecule has 0 unspecified atom stereocenters. The molecule has 1 atom stereocenters. The fourth-order valence-corrected chi connectivity index (χ4v) is 4.49. The minimum atomic E-state index is -1.10. The largest absolute Gasteiger partial charge is 0.480 e. The average Bonchev–Trinajstić information content (AvgIpc) is 3.38. The van der Waals surface area contributed by atoms with Crippen LogP contribution in [0.15, 0.2) is 54.7 Å². The van der Waals surface area contributed by atoms with E-state index in [0.29, 0.717) is 18.4 Å². The van der Waals surface area contributed by atoms with Gasteiger partial charge >= 0.3 is 12.1 Å². The highest BCUT2D eigenvalue weighted by atomic mass is 16.5. The molecule has 0 saturated carbocycles. The van der Waals surface area contributed by atoms with Gasteiger partial charge in [-0.15, -0.1) is 0 Å². The summed E-state index contributed by atoms with van der Waals surface area (Å²) in [6.07, 6.45) is 1.77. The number of carboxylic acid groups (broad SMARTS) is 1. The lowest BCUT2D eigenvalue weighted by Crippen LogP contribution is -2.41. The van der Waals surface area contributed by atoms with Crippen LogP contribution in [0.5, 0.6) is 0 Å². The van der Waals surface area contributed by atoms with Gasteiger partial charge in [0.25, 0.3) is 5.91 Å². The van der Waals surface area contributed by atoms with Crippen molar-refractivity contribution in [1.82, 2.24) is 20.4 Å². The van der Waals surface area contributed by atoms with E-state index in [0.717, 1.165) is 22.3 Å². The standard InChI is InChI=1S/C26H28N4O5/c1-3-8-22(25(32)33)29-24(31)23-16(14-28-30(23)2)13-27-26(34)35-15-21-19-11-6-4-9-17(19)18-10-5-7-12-20(18)21/h4-7,9-12,14,21-22H,3,8,13,15H2,1-2H3,(H,27,34)(H,29,31)(H,32,33)/t22-/m1/s1. The molecule has 9 heteroatoms. The summed E-state index contributed by atoms with van der Waals surface area (Å²) in [5.41, 5.74) is 5.17. The molecule has 4 rings (SSSR count). The summed E-state index contributed by atoms with van der Waals surface area (Å²) >= 11 is 0. The molecule has 1 aliphatic rings. The molecule has 35 heavy (non-hydrogen) atoms. The van der Waals surface area contributed by atoms with Gasteiger partial charge in [-0.05, 0) is 28.7 Å². The molecule has 1 heterocycles. The zero-order valence-electron chi connectivity index (χ0n) is 19.7. The van der Waals surface area contributed by atoms with Gasteiger partial charge in [0.05, 0.1) is 12.7 Å². The molecule has 0 saturated heterocycles. The molecule has 1 aromatic heterocycles. The quantitative estimate of drug-likeness (QED) is 0.435. The molecular weight excluding hydrogens is 448 g/mol. The third-order valence-electron chi connectivity index (χ3n) is 6.18. The maximum absolute atomic E-state index is 12.7. The maximum atomic E-state index is 12.7. The number of nitrogens with one attached hydrogen (secondary N) is 2. The normalized spacial score (nSPS) is 13.0. The summed E-state index contributed by atoms with van der Waals surface area (Å²) in [5, 5.41) is 18.6. The molecule has 182 valence electrons. The Morgan fingerprint density at radius 2 is 1.71 bits per heavy atom. The predicted octanol–water partition coefficient (Wildman–Crippen LogP) is 3.44. The smallest absolute Gasteiger partial charge is 0.407 e. The van der Waals surface area contributed by atoms with Crippen molar-refractivity contribution in [1.29, 1.82) is 0 Å². The van der Waals surface area contributed by atoms with Crippen LogP contribution in [-0.2, 0) is 23.1 Å². The molecule has 0 fully saturated rings. The Balaban J connectivity index is 1.38. The highest BCUT2D eigenvalue weighted by Gasteiger charge is 2.29. The van der Waals surface area contributed by atoms with Gasteiger partial charge in [0.15, 0.2) is 0 Å². The molecule has 0 aliphatic heterocycles. The highest BCUT2D eigenvalue weighted by Crippen LogP contribution is 2.44. The van der Waals surface area contributed by atoms with E-state index in [9.17, 15) is 19.5 Å². The summed E-state index contributed by atoms with van der Waals surface area (Å²) in [6, 6.07) is 15.2. The number of amides is 2. The van der Waals surface area contributed by atoms with Crippen molar-refractivity contribution < 1.29 is 24.2 Å². The number of aliphatic carboxylic acids is 1. The van der Waals surface area contributed by atoms with Crippen LogP contribution < -0.4 is 10.6 Å². The first-order valence-electron chi connectivity index (χ1n) is 11.5. The Kier molecular flexibility index (Phi) is 7.14. The lowest BCUT2D eigenvalue weighted by atomic mass is 9.98. The number of carboxylic acids is 1. The molecule has 0 radical (unpaired) electrons. The maximum Gasteiger partial charge on any atom is 0.407 e. The fourth-order valence-electron chi connectivity index (χ4n) is 4.49. The van der Waals surface area contributed by atoms with Gasteiger partial charge in [-0.25, -0.2) is 9.59 Å². The van der Waals surface area contributed by atoms with Crippen LogP contribution in [0.3, 0.4) is 0 Å². The summed E-state index contributed by atoms with van der Waals surface area (Å²) in [7, 11) is 1.58. The molecule has 3 aromatic rings. The third-order valence-corrected chi connectivity index (χ3v) is 6.18. The molecular formula is C26H28N4O5. The van der Waals surface area contributed by atoms with Gasteiger partial charge in [-0.2, -0.15) is 5.10 Å². The Morgan fingerprint density at radius 1 is 1.09 bits per heavy atom. The molecule has 9 nitrogen and oxygen atoms in total. The van der Waals surface area contributed by atoms with E-state index in [1.165, 1.54) is 10.9 Å². The topological polar surface area (TPSA) is 123 Å². The number of ether oxygens (including phenoxy) is 1. The molecule has 2 aromatic carbocycles. The third kappa shape index (κ3) is 5.03. The second-order valence-electron chi connectivity index (χ2n) is 8.47. The van der Waals surface area contributed by atoms with E-state index < -0.39 is 24.0 Å². The lowest BCUT2D eigenvalue weighted by Gasteiger charge is -2.15. The molecule has 1 aliphatic carbocycles. The first kappa shape index (κ1) is 24.0. The van der Waals surface area contributed by atoms with Gasteiger partial charge in [0, 0.05) is 18.5 Å². The molecule has 2 amide bonds. The van der Waals surface area contributed by atoms with E-state index >= 15 is 0 Å². The van der Waals surface area contributed by atoms with Crippen LogP contribution in [0, 0.1) is 0 Å². The van der Waals surface area contributed by atoms with Crippen molar-refractivity contribution in [3.63, 3.8) is 0 Å². The number of rotatable bonds is 9. The second kappa shape index (κ2) is 10.4. The van der Waals surface area contributed by atoms with E-state index in [4.69, 9.17) is 4.74 Å². The number of hydrogen-bond acceptors (Lipinski definition) is 5. The van der Waals surface area contributed by atoms with Crippen molar-refractivity contribution in [3.8, 4) is 11.1 Å². The predicted molar refractivity (Wildman–Crippen MR) is 129 cm³/mol.